The molecule has 1 N–H and O–H groups in total. The summed E-state index contributed by atoms with van der Waals surface area (Å²) in [4.78, 5) is 39.1. The van der Waals surface area contributed by atoms with E-state index in [1.165, 1.54) is 4.90 Å². The summed E-state index contributed by atoms with van der Waals surface area (Å²) >= 11 is 12.5. The summed E-state index contributed by atoms with van der Waals surface area (Å²) in [5.41, 5.74) is 2.19. The Morgan fingerprint density at radius 1 is 1.10 bits per heavy atom. The van der Waals surface area contributed by atoms with E-state index in [2.05, 4.69) is 10.4 Å². The Kier molecular flexibility index (Phi) is 5.56. The van der Waals surface area contributed by atoms with Gasteiger partial charge in [0.2, 0.25) is 11.8 Å². The number of imide groups is 1. The van der Waals surface area contributed by atoms with Crippen LogP contribution in [-0.4, -0.2) is 46.5 Å². The molecule has 0 aliphatic carbocycles. The van der Waals surface area contributed by atoms with Gasteiger partial charge in [0, 0.05) is 36.7 Å². The van der Waals surface area contributed by atoms with Crippen LogP contribution in [0.2, 0.25) is 10.0 Å². The fourth-order valence-corrected chi connectivity index (χ4v) is 3.94. The Hall–Kier alpha value is -3.16. The second-order valence-electron chi connectivity index (χ2n) is 7.35. The van der Waals surface area contributed by atoms with E-state index in [-0.39, 0.29) is 18.0 Å². The molecule has 3 amide bonds. The molecule has 3 aromatic rings. The predicted molar refractivity (Wildman–Crippen MR) is 118 cm³/mol. The third-order valence-electron chi connectivity index (χ3n) is 5.05. The van der Waals surface area contributed by atoms with Crippen molar-refractivity contribution in [2.45, 2.75) is 12.3 Å². The number of halogens is 2. The second kappa shape index (κ2) is 8.17. The van der Waals surface area contributed by atoms with E-state index in [4.69, 9.17) is 23.2 Å². The quantitative estimate of drug-likeness (QED) is 0.606. The minimum Gasteiger partial charge on any atom is -0.343 e. The third kappa shape index (κ3) is 3.82. The Labute approximate surface area is 188 Å². The average Bonchev–Trinajstić information content (AvgIpc) is 3.27. The van der Waals surface area contributed by atoms with Crippen LogP contribution in [0, 0.1) is 0 Å². The normalized spacial score (nSPS) is 15.8. The van der Waals surface area contributed by atoms with Crippen LogP contribution >= 0.6 is 23.2 Å². The van der Waals surface area contributed by atoms with Gasteiger partial charge in [0.25, 0.3) is 5.91 Å². The number of hydrogen-bond acceptors (Lipinski definition) is 4. The van der Waals surface area contributed by atoms with Crippen molar-refractivity contribution in [2.75, 3.05) is 14.1 Å². The largest absolute Gasteiger partial charge is 0.343 e. The molecule has 158 valence electrons. The van der Waals surface area contributed by atoms with Gasteiger partial charge in [-0.15, -0.1) is 0 Å². The summed E-state index contributed by atoms with van der Waals surface area (Å²) in [5, 5.41) is 7.86. The Balaban J connectivity index is 2.08. The number of nitrogens with zero attached hydrogens (tertiary/aromatic N) is 3. The van der Waals surface area contributed by atoms with E-state index < -0.39 is 17.7 Å². The van der Waals surface area contributed by atoms with Crippen molar-refractivity contribution in [3.05, 3.63) is 69.8 Å². The number of para-hydroxylation sites is 1. The smallest absolute Gasteiger partial charge is 0.274 e. The third-order valence-corrected chi connectivity index (χ3v) is 5.62. The lowest BCUT2D eigenvalue weighted by Gasteiger charge is -2.14. The first-order valence-corrected chi connectivity index (χ1v) is 10.2. The molecular formula is C22H18Cl2N4O3. The SMILES string of the molecule is CN(C)C(=O)c1nn(-c2ccccc2Cl)c(-c2ccc(Cl)cc2)c1C1CC(=O)NC1=O. The van der Waals surface area contributed by atoms with E-state index in [9.17, 15) is 14.4 Å². The van der Waals surface area contributed by atoms with Gasteiger partial charge in [-0.2, -0.15) is 5.10 Å². The molecule has 0 saturated carbocycles. The Morgan fingerprint density at radius 3 is 2.35 bits per heavy atom. The molecule has 0 radical (unpaired) electrons. The number of nitrogens with one attached hydrogen (secondary N) is 1. The number of aromatic nitrogens is 2. The lowest BCUT2D eigenvalue weighted by atomic mass is 9.91. The molecule has 31 heavy (non-hydrogen) atoms. The summed E-state index contributed by atoms with van der Waals surface area (Å²) in [6, 6.07) is 14.0. The van der Waals surface area contributed by atoms with Crippen LogP contribution in [0.4, 0.5) is 0 Å². The minimum atomic E-state index is -0.853. The highest BCUT2D eigenvalue weighted by atomic mass is 35.5. The standard InChI is InChI=1S/C22H18Cl2N4O3/c1-27(2)22(31)19-18(14-11-17(29)25-21(14)30)20(12-7-9-13(23)10-8-12)28(26-19)16-6-4-3-5-15(16)24/h3-10,14H,11H2,1-2H3,(H,25,29,30). The number of hydrogen-bond donors (Lipinski definition) is 1. The lowest BCUT2D eigenvalue weighted by molar-refractivity contribution is -0.125. The molecule has 1 fully saturated rings. The maximum absolute atomic E-state index is 13.1. The summed E-state index contributed by atoms with van der Waals surface area (Å²) in [6.07, 6.45) is -0.0681. The van der Waals surface area contributed by atoms with Crippen LogP contribution in [-0.2, 0) is 9.59 Å². The summed E-state index contributed by atoms with van der Waals surface area (Å²) in [6.45, 7) is 0. The molecule has 0 spiro atoms. The Bertz CT molecular complexity index is 1200. The fourth-order valence-electron chi connectivity index (χ4n) is 3.60. The van der Waals surface area contributed by atoms with Crippen molar-refractivity contribution < 1.29 is 14.4 Å². The van der Waals surface area contributed by atoms with Crippen molar-refractivity contribution in [2.24, 2.45) is 0 Å². The van der Waals surface area contributed by atoms with Gasteiger partial charge in [-0.25, -0.2) is 4.68 Å². The number of benzene rings is 2. The molecule has 1 aromatic heterocycles. The van der Waals surface area contributed by atoms with Crippen LogP contribution in [0.1, 0.15) is 28.4 Å². The highest BCUT2D eigenvalue weighted by molar-refractivity contribution is 6.32. The van der Waals surface area contributed by atoms with Gasteiger partial charge in [0.05, 0.1) is 22.3 Å². The van der Waals surface area contributed by atoms with Crippen LogP contribution in [0.15, 0.2) is 48.5 Å². The van der Waals surface area contributed by atoms with Gasteiger partial charge in [-0.1, -0.05) is 47.5 Å². The highest BCUT2D eigenvalue weighted by Crippen LogP contribution is 2.39. The molecule has 2 aromatic carbocycles. The number of rotatable bonds is 4. The van der Waals surface area contributed by atoms with Crippen LogP contribution in [0.3, 0.4) is 0 Å². The van der Waals surface area contributed by atoms with Crippen molar-refractivity contribution in [3.8, 4) is 16.9 Å². The van der Waals surface area contributed by atoms with Crippen molar-refractivity contribution in [1.82, 2.24) is 20.0 Å². The zero-order valence-corrected chi connectivity index (χ0v) is 18.2. The number of carbonyl (C=O) groups is 3. The summed E-state index contributed by atoms with van der Waals surface area (Å²) in [5.74, 6) is -2.10. The molecule has 0 bridgehead atoms. The van der Waals surface area contributed by atoms with Crippen LogP contribution in [0.25, 0.3) is 16.9 Å². The van der Waals surface area contributed by atoms with E-state index in [1.807, 2.05) is 0 Å². The second-order valence-corrected chi connectivity index (χ2v) is 8.19. The van der Waals surface area contributed by atoms with E-state index >= 15 is 0 Å². The van der Waals surface area contributed by atoms with Gasteiger partial charge >= 0.3 is 0 Å². The maximum atomic E-state index is 13.1. The molecule has 1 aliphatic rings. The first kappa shape index (κ1) is 21.1. The van der Waals surface area contributed by atoms with Crippen molar-refractivity contribution >= 4 is 40.9 Å². The zero-order chi connectivity index (χ0) is 22.3. The van der Waals surface area contributed by atoms with Gasteiger partial charge in [-0.05, 0) is 24.3 Å². The van der Waals surface area contributed by atoms with E-state index in [1.54, 1.807) is 67.3 Å². The van der Waals surface area contributed by atoms with Gasteiger partial charge < -0.3 is 4.90 Å². The topological polar surface area (TPSA) is 84.3 Å². The first-order chi connectivity index (χ1) is 14.8. The number of amides is 3. The first-order valence-electron chi connectivity index (χ1n) is 9.47. The summed E-state index contributed by atoms with van der Waals surface area (Å²) < 4.78 is 1.55. The predicted octanol–water partition coefficient (Wildman–Crippen LogP) is 3.68. The molecule has 1 saturated heterocycles. The molecule has 1 aliphatic heterocycles. The molecule has 1 unspecified atom stereocenters. The lowest BCUT2D eigenvalue weighted by Crippen LogP contribution is -2.26. The van der Waals surface area contributed by atoms with Gasteiger partial charge in [0.15, 0.2) is 5.69 Å². The number of carbonyl (C=O) groups excluding carboxylic acids is 3. The maximum Gasteiger partial charge on any atom is 0.274 e. The molecule has 7 nitrogen and oxygen atoms in total. The molecule has 1 atom stereocenters. The van der Waals surface area contributed by atoms with E-state index in [0.29, 0.717) is 32.6 Å². The van der Waals surface area contributed by atoms with Crippen LogP contribution in [0.5, 0.6) is 0 Å². The van der Waals surface area contributed by atoms with Crippen molar-refractivity contribution in [3.63, 3.8) is 0 Å². The van der Waals surface area contributed by atoms with Crippen LogP contribution < -0.4 is 5.32 Å². The van der Waals surface area contributed by atoms with Gasteiger partial charge in [0.1, 0.15) is 0 Å². The van der Waals surface area contributed by atoms with Gasteiger partial charge in [-0.3, -0.25) is 19.7 Å². The van der Waals surface area contributed by atoms with Crippen molar-refractivity contribution in [1.29, 1.82) is 0 Å². The zero-order valence-electron chi connectivity index (χ0n) is 16.7. The fraction of sp³-hybridized carbons (Fsp3) is 0.182. The Morgan fingerprint density at radius 2 is 1.77 bits per heavy atom. The molecular weight excluding hydrogens is 439 g/mol. The molecule has 4 rings (SSSR count). The average molecular weight is 457 g/mol. The minimum absolute atomic E-state index is 0.0681. The van der Waals surface area contributed by atoms with E-state index in [0.717, 1.165) is 0 Å². The summed E-state index contributed by atoms with van der Waals surface area (Å²) in [7, 11) is 3.20. The molecule has 9 heteroatoms. The highest BCUT2D eigenvalue weighted by Gasteiger charge is 2.40. The molecule has 2 heterocycles. The monoisotopic (exact) mass is 456 g/mol.